The molecule has 0 spiro atoms. The minimum absolute atomic E-state index is 0.0901. The second-order valence-corrected chi connectivity index (χ2v) is 6.17. The van der Waals surface area contributed by atoms with Crippen LogP contribution in [-0.2, 0) is 6.18 Å². The van der Waals surface area contributed by atoms with Crippen molar-refractivity contribution in [2.24, 2.45) is 0 Å². The number of anilines is 1. The third-order valence-corrected chi connectivity index (χ3v) is 4.68. The van der Waals surface area contributed by atoms with Crippen molar-refractivity contribution in [2.75, 3.05) is 11.4 Å². The first-order chi connectivity index (χ1) is 11.0. The molecule has 3 aromatic heterocycles. The summed E-state index contributed by atoms with van der Waals surface area (Å²) in [4.78, 5) is 2.04. The van der Waals surface area contributed by atoms with Crippen molar-refractivity contribution in [1.82, 2.24) is 19.8 Å². The highest BCUT2D eigenvalue weighted by atomic mass is 32.1. The highest BCUT2D eigenvalue weighted by molar-refractivity contribution is 7.08. The second kappa shape index (κ2) is 5.19. The fourth-order valence-corrected chi connectivity index (χ4v) is 3.67. The highest BCUT2D eigenvalue weighted by Gasteiger charge is 2.38. The molecule has 1 saturated heterocycles. The van der Waals surface area contributed by atoms with Gasteiger partial charge in [0.05, 0.1) is 6.04 Å². The topological polar surface area (TPSA) is 46.3 Å². The van der Waals surface area contributed by atoms with Gasteiger partial charge >= 0.3 is 6.18 Å². The Kier molecular flexibility index (Phi) is 3.26. The highest BCUT2D eigenvalue weighted by Crippen LogP contribution is 2.36. The minimum Gasteiger partial charge on any atom is -0.348 e. The number of hydrogen-bond donors (Lipinski definition) is 0. The van der Waals surface area contributed by atoms with E-state index < -0.39 is 12.0 Å². The first-order valence-electron chi connectivity index (χ1n) is 7.12. The fourth-order valence-electron chi connectivity index (χ4n) is 2.96. The minimum atomic E-state index is -4.58. The lowest BCUT2D eigenvalue weighted by atomic mass is 10.1. The van der Waals surface area contributed by atoms with E-state index in [0.29, 0.717) is 5.82 Å². The number of rotatable bonds is 2. The van der Waals surface area contributed by atoms with E-state index in [9.17, 15) is 13.2 Å². The van der Waals surface area contributed by atoms with Crippen LogP contribution in [0.1, 0.15) is 30.3 Å². The molecule has 1 aliphatic heterocycles. The van der Waals surface area contributed by atoms with E-state index in [2.05, 4.69) is 20.7 Å². The van der Waals surface area contributed by atoms with E-state index in [-0.39, 0.29) is 11.7 Å². The molecule has 0 saturated carbocycles. The Morgan fingerprint density at radius 1 is 1.17 bits per heavy atom. The van der Waals surface area contributed by atoms with Gasteiger partial charge in [0.15, 0.2) is 5.65 Å². The van der Waals surface area contributed by atoms with Crippen molar-refractivity contribution in [3.8, 4) is 0 Å². The maximum atomic E-state index is 13.0. The third kappa shape index (κ3) is 2.44. The number of fused-ring (bicyclic) bond motifs is 1. The molecule has 1 atom stereocenters. The summed E-state index contributed by atoms with van der Waals surface area (Å²) in [5.41, 5.74) is 1.27. The van der Waals surface area contributed by atoms with Gasteiger partial charge in [-0.05, 0) is 47.4 Å². The lowest BCUT2D eigenvalue weighted by Crippen LogP contribution is -2.24. The van der Waals surface area contributed by atoms with Crippen molar-refractivity contribution < 1.29 is 13.2 Å². The van der Waals surface area contributed by atoms with Crippen molar-refractivity contribution in [3.63, 3.8) is 0 Å². The predicted molar refractivity (Wildman–Crippen MR) is 79.4 cm³/mol. The Balaban J connectivity index is 1.77. The molecule has 5 nitrogen and oxygen atoms in total. The van der Waals surface area contributed by atoms with Crippen molar-refractivity contribution >= 4 is 22.8 Å². The second-order valence-electron chi connectivity index (χ2n) is 5.39. The molecule has 0 radical (unpaired) electrons. The molecule has 23 heavy (non-hydrogen) atoms. The molecule has 0 unspecified atom stereocenters. The molecule has 0 aliphatic carbocycles. The number of halogens is 3. The largest absolute Gasteiger partial charge is 0.453 e. The summed E-state index contributed by atoms with van der Waals surface area (Å²) in [6, 6.07) is 5.42. The summed E-state index contributed by atoms with van der Waals surface area (Å²) in [6.07, 6.45) is -2.64. The van der Waals surface area contributed by atoms with Gasteiger partial charge in [0.25, 0.3) is 5.82 Å². The molecule has 0 N–H and O–H groups in total. The SMILES string of the molecule is FC(F)(F)c1nnc2ccc(N3CCC[C@@H]3c3ccsc3)nn12. The van der Waals surface area contributed by atoms with Crippen LogP contribution in [0.4, 0.5) is 19.0 Å². The first kappa shape index (κ1) is 14.4. The van der Waals surface area contributed by atoms with Crippen LogP contribution in [-0.4, -0.2) is 26.4 Å². The fraction of sp³-hybridized carbons (Fsp3) is 0.357. The van der Waals surface area contributed by atoms with Gasteiger partial charge in [-0.3, -0.25) is 0 Å². The van der Waals surface area contributed by atoms with E-state index in [4.69, 9.17) is 0 Å². The van der Waals surface area contributed by atoms with E-state index in [1.807, 2.05) is 16.3 Å². The van der Waals surface area contributed by atoms with Crippen LogP contribution in [0.3, 0.4) is 0 Å². The third-order valence-electron chi connectivity index (χ3n) is 3.98. The molecule has 9 heteroatoms. The van der Waals surface area contributed by atoms with Gasteiger partial charge in [-0.2, -0.15) is 29.0 Å². The standard InChI is InChI=1S/C14H12F3N5S/c15-14(16,17)13-19-18-11-3-4-12(20-22(11)13)21-6-1-2-10(21)9-5-7-23-8-9/h3-5,7-8,10H,1-2,6H2/t10-/m1/s1. The Bertz CT molecular complexity index is 827. The number of hydrogen-bond acceptors (Lipinski definition) is 5. The monoisotopic (exact) mass is 339 g/mol. The average molecular weight is 339 g/mol. The van der Waals surface area contributed by atoms with Crippen molar-refractivity contribution in [3.05, 3.63) is 40.3 Å². The van der Waals surface area contributed by atoms with Gasteiger partial charge in [-0.1, -0.05) is 0 Å². The summed E-state index contributed by atoms with van der Waals surface area (Å²) >= 11 is 1.61. The molecule has 0 aromatic carbocycles. The van der Waals surface area contributed by atoms with Crippen LogP contribution < -0.4 is 4.90 Å². The Morgan fingerprint density at radius 3 is 2.78 bits per heavy atom. The van der Waals surface area contributed by atoms with Crippen molar-refractivity contribution in [2.45, 2.75) is 25.1 Å². The zero-order chi connectivity index (χ0) is 16.0. The summed E-state index contributed by atoms with van der Waals surface area (Å²) in [5, 5.41) is 15.0. The Morgan fingerprint density at radius 2 is 2.04 bits per heavy atom. The molecule has 0 amide bonds. The molecule has 0 bridgehead atoms. The van der Waals surface area contributed by atoms with Gasteiger partial charge in [0, 0.05) is 6.54 Å². The van der Waals surface area contributed by atoms with Crippen LogP contribution in [0.15, 0.2) is 29.0 Å². The molecule has 1 fully saturated rings. The van der Waals surface area contributed by atoms with E-state index in [0.717, 1.165) is 23.9 Å². The Labute approximate surface area is 133 Å². The van der Waals surface area contributed by atoms with Gasteiger partial charge in [-0.25, -0.2) is 0 Å². The quantitative estimate of drug-likeness (QED) is 0.716. The van der Waals surface area contributed by atoms with Crippen LogP contribution >= 0.6 is 11.3 Å². The molecule has 4 heterocycles. The lowest BCUT2D eigenvalue weighted by Gasteiger charge is -2.25. The maximum absolute atomic E-state index is 13.0. The molecule has 1 aliphatic rings. The van der Waals surface area contributed by atoms with Crippen LogP contribution in [0.25, 0.3) is 5.65 Å². The van der Waals surface area contributed by atoms with Crippen LogP contribution in [0.5, 0.6) is 0 Å². The lowest BCUT2D eigenvalue weighted by molar-refractivity contribution is -0.146. The molecular weight excluding hydrogens is 327 g/mol. The maximum Gasteiger partial charge on any atom is 0.453 e. The predicted octanol–water partition coefficient (Wildman–Crippen LogP) is 3.55. The molecular formula is C14H12F3N5S. The zero-order valence-electron chi connectivity index (χ0n) is 11.9. The normalized spacial score (nSPS) is 18.9. The smallest absolute Gasteiger partial charge is 0.348 e. The van der Waals surface area contributed by atoms with E-state index in [1.54, 1.807) is 17.4 Å². The zero-order valence-corrected chi connectivity index (χ0v) is 12.7. The number of aromatic nitrogens is 4. The van der Waals surface area contributed by atoms with E-state index in [1.165, 1.54) is 11.6 Å². The van der Waals surface area contributed by atoms with Crippen LogP contribution in [0, 0.1) is 0 Å². The Hall–Kier alpha value is -2.16. The number of nitrogens with zero attached hydrogens (tertiary/aromatic N) is 5. The summed E-state index contributed by atoms with van der Waals surface area (Å²) in [6.45, 7) is 0.766. The average Bonchev–Trinajstić information content (AvgIpc) is 3.24. The summed E-state index contributed by atoms with van der Waals surface area (Å²) < 4.78 is 39.7. The van der Waals surface area contributed by atoms with Gasteiger partial charge in [-0.15, -0.1) is 15.3 Å². The molecule has 3 aromatic rings. The van der Waals surface area contributed by atoms with Gasteiger partial charge in [0.2, 0.25) is 0 Å². The van der Waals surface area contributed by atoms with Gasteiger partial charge in [0.1, 0.15) is 5.82 Å². The first-order valence-corrected chi connectivity index (χ1v) is 8.07. The summed E-state index contributed by atoms with van der Waals surface area (Å²) in [5.74, 6) is -0.586. The van der Waals surface area contributed by atoms with E-state index >= 15 is 0 Å². The molecule has 120 valence electrons. The van der Waals surface area contributed by atoms with Crippen LogP contribution in [0.2, 0.25) is 0 Å². The van der Waals surface area contributed by atoms with Gasteiger partial charge < -0.3 is 4.90 Å². The summed E-state index contributed by atoms with van der Waals surface area (Å²) in [7, 11) is 0. The molecule has 4 rings (SSSR count). The number of alkyl halides is 3. The number of thiophene rings is 1. The van der Waals surface area contributed by atoms with Crippen molar-refractivity contribution in [1.29, 1.82) is 0 Å².